The largest absolute Gasteiger partial charge is 0.325 e. The van der Waals surface area contributed by atoms with Crippen molar-refractivity contribution >= 4 is 23.2 Å². The van der Waals surface area contributed by atoms with Crippen molar-refractivity contribution < 1.29 is 4.79 Å². The van der Waals surface area contributed by atoms with Gasteiger partial charge in [0.25, 0.3) is 0 Å². The van der Waals surface area contributed by atoms with Crippen LogP contribution in [-0.4, -0.2) is 30.4 Å². The molecule has 1 aromatic carbocycles. The van der Waals surface area contributed by atoms with Crippen molar-refractivity contribution in [3.8, 4) is 6.07 Å². The summed E-state index contributed by atoms with van der Waals surface area (Å²) in [4.78, 5) is 13.9. The molecule has 1 aliphatic rings. The number of carbonyl (C=O) groups excluding carboxylic acids is 1. The zero-order valence-electron chi connectivity index (χ0n) is 10.6. The van der Waals surface area contributed by atoms with Crippen LogP contribution >= 0.6 is 11.6 Å². The molecule has 2 rings (SSSR count). The third-order valence-electron chi connectivity index (χ3n) is 3.16. The SMILES string of the molecule is N#CC1CCCN(CC(=O)Nc2cccc(Cl)c2)C1. The van der Waals surface area contributed by atoms with Gasteiger partial charge in [-0.3, -0.25) is 9.69 Å². The maximum atomic E-state index is 11.9. The smallest absolute Gasteiger partial charge is 0.238 e. The Morgan fingerprint density at radius 3 is 3.16 bits per heavy atom. The van der Waals surface area contributed by atoms with E-state index in [4.69, 9.17) is 16.9 Å². The molecular weight excluding hydrogens is 262 g/mol. The molecule has 0 saturated carbocycles. The maximum Gasteiger partial charge on any atom is 0.238 e. The van der Waals surface area contributed by atoms with E-state index in [0.29, 0.717) is 23.8 Å². The Morgan fingerprint density at radius 1 is 1.58 bits per heavy atom. The van der Waals surface area contributed by atoms with E-state index in [1.165, 1.54) is 0 Å². The number of amides is 1. The number of anilines is 1. The van der Waals surface area contributed by atoms with Crippen LogP contribution in [-0.2, 0) is 4.79 Å². The van der Waals surface area contributed by atoms with Crippen molar-refractivity contribution in [1.29, 1.82) is 5.26 Å². The highest BCUT2D eigenvalue weighted by atomic mass is 35.5. The molecule has 1 saturated heterocycles. The zero-order chi connectivity index (χ0) is 13.7. The molecule has 1 aliphatic heterocycles. The van der Waals surface area contributed by atoms with Gasteiger partial charge in [0.2, 0.25) is 5.91 Å². The molecule has 4 nitrogen and oxygen atoms in total. The highest BCUT2D eigenvalue weighted by Crippen LogP contribution is 2.17. The van der Waals surface area contributed by atoms with Gasteiger partial charge in [0.1, 0.15) is 0 Å². The Balaban J connectivity index is 1.86. The van der Waals surface area contributed by atoms with Gasteiger partial charge in [-0.1, -0.05) is 17.7 Å². The van der Waals surface area contributed by atoms with Gasteiger partial charge >= 0.3 is 0 Å². The first-order valence-electron chi connectivity index (χ1n) is 6.35. The lowest BCUT2D eigenvalue weighted by Gasteiger charge is -2.28. The summed E-state index contributed by atoms with van der Waals surface area (Å²) in [6, 6.07) is 9.35. The fourth-order valence-electron chi connectivity index (χ4n) is 2.27. The fraction of sp³-hybridized carbons (Fsp3) is 0.429. The molecule has 1 aromatic rings. The molecule has 1 fully saturated rings. The Bertz CT molecular complexity index is 498. The van der Waals surface area contributed by atoms with E-state index in [1.54, 1.807) is 24.3 Å². The number of nitrogens with zero attached hydrogens (tertiary/aromatic N) is 2. The number of benzene rings is 1. The van der Waals surface area contributed by atoms with Gasteiger partial charge in [-0.05, 0) is 37.6 Å². The lowest BCUT2D eigenvalue weighted by Crippen LogP contribution is -2.40. The second kappa shape index (κ2) is 6.55. The summed E-state index contributed by atoms with van der Waals surface area (Å²) in [5.74, 6) is -0.0198. The van der Waals surface area contributed by atoms with Crippen molar-refractivity contribution in [3.05, 3.63) is 29.3 Å². The number of likely N-dealkylation sites (tertiary alicyclic amines) is 1. The van der Waals surface area contributed by atoms with Crippen LogP contribution < -0.4 is 5.32 Å². The van der Waals surface area contributed by atoms with E-state index >= 15 is 0 Å². The molecule has 0 bridgehead atoms. The predicted octanol–water partition coefficient (Wildman–Crippen LogP) is 2.51. The minimum absolute atomic E-state index is 0.0488. The van der Waals surface area contributed by atoms with E-state index in [-0.39, 0.29) is 11.8 Å². The van der Waals surface area contributed by atoms with Crippen LogP contribution in [0.15, 0.2) is 24.3 Å². The minimum atomic E-state index is -0.0687. The first-order chi connectivity index (χ1) is 9.17. The number of piperidine rings is 1. The van der Waals surface area contributed by atoms with Crippen LogP contribution in [0.25, 0.3) is 0 Å². The second-order valence-corrected chi connectivity index (χ2v) is 5.20. The number of hydrogen-bond donors (Lipinski definition) is 1. The molecule has 0 aromatic heterocycles. The Hall–Kier alpha value is -1.57. The van der Waals surface area contributed by atoms with Gasteiger partial charge in [-0.25, -0.2) is 0 Å². The molecule has 0 aliphatic carbocycles. The summed E-state index contributed by atoms with van der Waals surface area (Å²) in [5, 5.41) is 12.3. The summed E-state index contributed by atoms with van der Waals surface area (Å²) in [7, 11) is 0. The van der Waals surface area contributed by atoms with Crippen molar-refractivity contribution in [2.24, 2.45) is 5.92 Å². The normalized spacial score (nSPS) is 19.7. The standard InChI is InChI=1S/C14H16ClN3O/c15-12-4-1-5-13(7-12)17-14(19)10-18-6-2-3-11(8-16)9-18/h1,4-5,7,11H,2-3,6,9-10H2,(H,17,19). The third-order valence-corrected chi connectivity index (χ3v) is 3.40. The Morgan fingerprint density at radius 2 is 2.42 bits per heavy atom. The Kier molecular flexibility index (Phi) is 4.78. The first-order valence-corrected chi connectivity index (χ1v) is 6.72. The summed E-state index contributed by atoms with van der Waals surface area (Å²) in [5.41, 5.74) is 0.700. The van der Waals surface area contributed by atoms with Crippen molar-refractivity contribution in [2.45, 2.75) is 12.8 Å². The summed E-state index contributed by atoms with van der Waals surface area (Å²) >= 11 is 5.86. The molecule has 1 unspecified atom stereocenters. The van der Waals surface area contributed by atoms with Crippen LogP contribution in [0.5, 0.6) is 0 Å². The van der Waals surface area contributed by atoms with Crippen LogP contribution in [0.3, 0.4) is 0 Å². The van der Waals surface area contributed by atoms with Crippen molar-refractivity contribution in [3.63, 3.8) is 0 Å². The highest BCUT2D eigenvalue weighted by molar-refractivity contribution is 6.30. The first kappa shape index (κ1) is 13.9. The number of hydrogen-bond acceptors (Lipinski definition) is 3. The van der Waals surface area contributed by atoms with Gasteiger partial charge in [0.15, 0.2) is 0 Å². The van der Waals surface area contributed by atoms with E-state index in [1.807, 2.05) is 4.90 Å². The number of carbonyl (C=O) groups is 1. The lowest BCUT2D eigenvalue weighted by atomic mass is 10.00. The van der Waals surface area contributed by atoms with Gasteiger partial charge in [-0.2, -0.15) is 5.26 Å². The van der Waals surface area contributed by atoms with Crippen molar-refractivity contribution in [1.82, 2.24) is 4.90 Å². The average Bonchev–Trinajstić information content (AvgIpc) is 2.38. The highest BCUT2D eigenvalue weighted by Gasteiger charge is 2.21. The van der Waals surface area contributed by atoms with Crippen LogP contribution in [0.1, 0.15) is 12.8 Å². The summed E-state index contributed by atoms with van der Waals surface area (Å²) in [6.07, 6.45) is 1.91. The molecule has 19 heavy (non-hydrogen) atoms. The second-order valence-electron chi connectivity index (χ2n) is 4.76. The molecule has 0 spiro atoms. The Labute approximate surface area is 118 Å². The molecular formula is C14H16ClN3O. The molecule has 0 radical (unpaired) electrons. The van der Waals surface area contributed by atoms with E-state index in [9.17, 15) is 4.79 Å². The number of nitrogens with one attached hydrogen (secondary N) is 1. The number of nitriles is 1. The van der Waals surface area contributed by atoms with E-state index < -0.39 is 0 Å². The van der Waals surface area contributed by atoms with E-state index in [2.05, 4.69) is 11.4 Å². The monoisotopic (exact) mass is 277 g/mol. The molecule has 1 amide bonds. The fourth-order valence-corrected chi connectivity index (χ4v) is 2.46. The topological polar surface area (TPSA) is 56.1 Å². The molecule has 1 atom stereocenters. The maximum absolute atomic E-state index is 11.9. The molecule has 1 heterocycles. The van der Waals surface area contributed by atoms with Crippen LogP contribution in [0, 0.1) is 17.2 Å². The lowest BCUT2D eigenvalue weighted by molar-refractivity contribution is -0.117. The average molecular weight is 278 g/mol. The van der Waals surface area contributed by atoms with Gasteiger partial charge < -0.3 is 5.32 Å². The van der Waals surface area contributed by atoms with Crippen molar-refractivity contribution in [2.75, 3.05) is 25.0 Å². The van der Waals surface area contributed by atoms with Gasteiger partial charge in [0.05, 0.1) is 18.5 Å². The van der Waals surface area contributed by atoms with E-state index in [0.717, 1.165) is 19.4 Å². The minimum Gasteiger partial charge on any atom is -0.325 e. The number of rotatable bonds is 3. The zero-order valence-corrected chi connectivity index (χ0v) is 11.4. The van der Waals surface area contributed by atoms with Gasteiger partial charge in [-0.15, -0.1) is 0 Å². The molecule has 100 valence electrons. The molecule has 5 heteroatoms. The number of halogens is 1. The quantitative estimate of drug-likeness (QED) is 0.924. The molecule has 1 N–H and O–H groups in total. The van der Waals surface area contributed by atoms with Crippen LogP contribution in [0.4, 0.5) is 5.69 Å². The summed E-state index contributed by atoms with van der Waals surface area (Å²) in [6.45, 7) is 1.88. The predicted molar refractivity (Wildman–Crippen MR) is 74.9 cm³/mol. The third kappa shape index (κ3) is 4.23. The van der Waals surface area contributed by atoms with Gasteiger partial charge in [0, 0.05) is 17.3 Å². The van der Waals surface area contributed by atoms with Crippen LogP contribution in [0.2, 0.25) is 5.02 Å². The summed E-state index contributed by atoms with van der Waals surface area (Å²) < 4.78 is 0.